The van der Waals surface area contributed by atoms with Crippen LogP contribution in [0.5, 0.6) is 11.5 Å². The average Bonchev–Trinajstić information content (AvgIpc) is 2.86. The van der Waals surface area contributed by atoms with Crippen molar-refractivity contribution in [3.63, 3.8) is 0 Å². The summed E-state index contributed by atoms with van der Waals surface area (Å²) in [6.45, 7) is 4.65. The number of rotatable bonds is 7. The summed E-state index contributed by atoms with van der Waals surface area (Å²) in [5, 5.41) is 13.6. The summed E-state index contributed by atoms with van der Waals surface area (Å²) in [4.78, 5) is 2.38. The van der Waals surface area contributed by atoms with Crippen LogP contribution in [0.2, 0.25) is 0 Å². The number of ether oxygens (including phenoxy) is 1. The van der Waals surface area contributed by atoms with Gasteiger partial charge in [-0.2, -0.15) is 0 Å². The van der Waals surface area contributed by atoms with Gasteiger partial charge in [0.25, 0.3) is 0 Å². The molecule has 184 valence electrons. The van der Waals surface area contributed by atoms with Crippen LogP contribution in [0, 0.1) is 12.7 Å². The van der Waals surface area contributed by atoms with Gasteiger partial charge in [-0.05, 0) is 110 Å². The monoisotopic (exact) mass is 474 g/mol. The fraction of sp³-hybridized carbons (Fsp3) is 0.400. The molecule has 5 rings (SSSR count). The molecule has 2 aliphatic rings. The average molecular weight is 475 g/mol. The van der Waals surface area contributed by atoms with Crippen molar-refractivity contribution >= 4 is 5.69 Å². The van der Waals surface area contributed by atoms with Crippen molar-refractivity contribution in [1.82, 2.24) is 5.32 Å². The second-order valence-electron chi connectivity index (χ2n) is 9.91. The molecule has 35 heavy (non-hydrogen) atoms. The Hall–Kier alpha value is -3.05. The Morgan fingerprint density at radius 2 is 1.91 bits per heavy atom. The van der Waals surface area contributed by atoms with Crippen LogP contribution in [0.25, 0.3) is 0 Å². The number of anilines is 1. The number of piperidine rings is 1. The molecule has 0 aliphatic carbocycles. The van der Waals surface area contributed by atoms with E-state index in [9.17, 15) is 9.50 Å². The van der Waals surface area contributed by atoms with Crippen LogP contribution in [0.4, 0.5) is 10.1 Å². The van der Waals surface area contributed by atoms with Crippen LogP contribution in [-0.2, 0) is 12.8 Å². The van der Waals surface area contributed by atoms with Gasteiger partial charge < -0.3 is 20.1 Å². The second-order valence-corrected chi connectivity index (χ2v) is 9.91. The third-order valence-electron chi connectivity index (χ3n) is 7.45. The van der Waals surface area contributed by atoms with Crippen molar-refractivity contribution in [3.8, 4) is 11.5 Å². The minimum Gasteiger partial charge on any atom is -0.508 e. The largest absolute Gasteiger partial charge is 0.508 e. The molecule has 0 aromatic heterocycles. The highest BCUT2D eigenvalue weighted by Crippen LogP contribution is 2.38. The molecule has 0 amide bonds. The molecule has 2 atom stereocenters. The Labute approximate surface area is 207 Å². The van der Waals surface area contributed by atoms with Gasteiger partial charge in [-0.15, -0.1) is 0 Å². The third-order valence-corrected chi connectivity index (χ3v) is 7.45. The lowest BCUT2D eigenvalue weighted by Crippen LogP contribution is -2.37. The summed E-state index contributed by atoms with van der Waals surface area (Å²) in [6, 6.07) is 19.8. The molecule has 2 unspecified atom stereocenters. The van der Waals surface area contributed by atoms with Crippen molar-refractivity contribution in [1.29, 1.82) is 0 Å². The second kappa shape index (κ2) is 10.7. The Balaban J connectivity index is 1.32. The molecule has 0 bridgehead atoms. The summed E-state index contributed by atoms with van der Waals surface area (Å²) < 4.78 is 19.8. The van der Waals surface area contributed by atoms with E-state index >= 15 is 0 Å². The van der Waals surface area contributed by atoms with Gasteiger partial charge in [-0.1, -0.05) is 24.6 Å². The molecule has 0 saturated carbocycles. The lowest BCUT2D eigenvalue weighted by Gasteiger charge is -2.40. The van der Waals surface area contributed by atoms with Gasteiger partial charge in [-0.25, -0.2) is 4.39 Å². The van der Waals surface area contributed by atoms with Crippen LogP contribution < -0.4 is 15.0 Å². The molecular formula is C30H35FN2O2. The Bertz CT molecular complexity index is 1140. The van der Waals surface area contributed by atoms with Crippen LogP contribution >= 0.6 is 0 Å². The molecule has 4 nitrogen and oxygen atoms in total. The number of phenolic OH excluding ortho intramolecular Hbond substituents is 1. The number of aryl methyl sites for hydroxylation is 1. The number of hydrogen-bond acceptors (Lipinski definition) is 4. The first kappa shape index (κ1) is 23.7. The van der Waals surface area contributed by atoms with Gasteiger partial charge in [0.05, 0.1) is 12.6 Å². The Morgan fingerprint density at radius 1 is 1.06 bits per heavy atom. The van der Waals surface area contributed by atoms with E-state index in [4.69, 9.17) is 4.74 Å². The first-order valence-electron chi connectivity index (χ1n) is 12.9. The van der Waals surface area contributed by atoms with Gasteiger partial charge in [0.2, 0.25) is 0 Å². The van der Waals surface area contributed by atoms with E-state index in [-0.39, 0.29) is 11.9 Å². The predicted octanol–water partition coefficient (Wildman–Crippen LogP) is 6.10. The minimum absolute atomic E-state index is 0.104. The quantitative estimate of drug-likeness (QED) is 0.435. The maximum atomic E-state index is 13.8. The molecule has 2 N–H and O–H groups in total. The summed E-state index contributed by atoms with van der Waals surface area (Å²) in [5.41, 5.74) is 5.63. The van der Waals surface area contributed by atoms with Gasteiger partial charge in [0, 0.05) is 18.3 Å². The summed E-state index contributed by atoms with van der Waals surface area (Å²) >= 11 is 0. The van der Waals surface area contributed by atoms with Crippen LogP contribution in [-0.4, -0.2) is 30.8 Å². The van der Waals surface area contributed by atoms with Crippen LogP contribution in [0.1, 0.15) is 54.0 Å². The molecule has 2 aliphatic heterocycles. The standard InChI is InChI=1S/C30H35FN2O2/c1-21-18-24(31)7-12-29(21)33-16-13-23-20-26(34)8-11-28(23)30(33)19-22-5-9-27(10-6-22)35-17-14-25-4-2-3-15-32-25/h5-12,18,20,25,30,32,34H,2-4,13-17,19H2,1H3. The fourth-order valence-corrected chi connectivity index (χ4v) is 5.58. The van der Waals surface area contributed by atoms with E-state index < -0.39 is 0 Å². The molecule has 2 heterocycles. The van der Waals surface area contributed by atoms with Crippen molar-refractivity contribution in [2.45, 2.75) is 57.5 Å². The van der Waals surface area contributed by atoms with Gasteiger partial charge in [0.1, 0.15) is 17.3 Å². The first-order chi connectivity index (χ1) is 17.1. The normalized spacial score (nSPS) is 19.9. The van der Waals surface area contributed by atoms with Crippen LogP contribution in [0.15, 0.2) is 60.7 Å². The first-order valence-corrected chi connectivity index (χ1v) is 12.9. The van der Waals surface area contributed by atoms with E-state index in [2.05, 4.69) is 34.5 Å². The Kier molecular flexibility index (Phi) is 7.24. The van der Waals surface area contributed by atoms with E-state index in [0.29, 0.717) is 11.8 Å². The molecule has 5 heteroatoms. The SMILES string of the molecule is Cc1cc(F)ccc1N1CCc2cc(O)ccc2C1Cc1ccc(OCCC2CCCCN2)cc1. The lowest BCUT2D eigenvalue weighted by atomic mass is 9.87. The van der Waals surface area contributed by atoms with E-state index in [1.807, 2.05) is 25.1 Å². The van der Waals surface area contributed by atoms with Gasteiger partial charge in [-0.3, -0.25) is 0 Å². The molecule has 1 fully saturated rings. The van der Waals surface area contributed by atoms with E-state index in [1.54, 1.807) is 18.2 Å². The summed E-state index contributed by atoms with van der Waals surface area (Å²) in [5.74, 6) is 1.00. The van der Waals surface area contributed by atoms with E-state index in [1.165, 1.54) is 36.0 Å². The smallest absolute Gasteiger partial charge is 0.123 e. The molecule has 0 spiro atoms. The predicted molar refractivity (Wildman–Crippen MR) is 139 cm³/mol. The molecule has 3 aromatic rings. The maximum absolute atomic E-state index is 13.8. The summed E-state index contributed by atoms with van der Waals surface area (Å²) in [7, 11) is 0. The Morgan fingerprint density at radius 3 is 2.69 bits per heavy atom. The zero-order valence-corrected chi connectivity index (χ0v) is 20.5. The summed E-state index contributed by atoms with van der Waals surface area (Å²) in [6.07, 6.45) is 6.54. The highest BCUT2D eigenvalue weighted by atomic mass is 19.1. The highest BCUT2D eigenvalue weighted by Gasteiger charge is 2.29. The number of hydrogen-bond donors (Lipinski definition) is 2. The molecule has 3 aromatic carbocycles. The van der Waals surface area contributed by atoms with Gasteiger partial charge in [0.15, 0.2) is 0 Å². The minimum atomic E-state index is -0.208. The number of benzene rings is 3. The zero-order chi connectivity index (χ0) is 24.2. The van der Waals surface area contributed by atoms with Crippen molar-refractivity contribution in [2.24, 2.45) is 0 Å². The molecular weight excluding hydrogens is 439 g/mol. The highest BCUT2D eigenvalue weighted by molar-refractivity contribution is 5.58. The zero-order valence-electron chi connectivity index (χ0n) is 20.5. The van der Waals surface area contributed by atoms with Crippen molar-refractivity contribution in [2.75, 3.05) is 24.6 Å². The van der Waals surface area contributed by atoms with Gasteiger partial charge >= 0.3 is 0 Å². The third kappa shape index (κ3) is 5.62. The molecule has 1 saturated heterocycles. The fourth-order valence-electron chi connectivity index (χ4n) is 5.58. The topological polar surface area (TPSA) is 44.7 Å². The number of fused-ring (bicyclic) bond motifs is 1. The van der Waals surface area contributed by atoms with E-state index in [0.717, 1.165) is 56.0 Å². The number of phenols is 1. The number of aromatic hydroxyl groups is 1. The molecule has 0 radical (unpaired) electrons. The lowest BCUT2D eigenvalue weighted by molar-refractivity contribution is 0.268. The van der Waals surface area contributed by atoms with Crippen LogP contribution in [0.3, 0.4) is 0 Å². The number of halogens is 1. The maximum Gasteiger partial charge on any atom is 0.123 e. The van der Waals surface area contributed by atoms with Crippen molar-refractivity contribution in [3.05, 3.63) is 88.7 Å². The number of nitrogens with zero attached hydrogens (tertiary/aromatic N) is 1. The van der Waals surface area contributed by atoms with Crippen molar-refractivity contribution < 1.29 is 14.2 Å². The number of nitrogens with one attached hydrogen (secondary N) is 1.